The Morgan fingerprint density at radius 3 is 2.85 bits per heavy atom. The third-order valence-corrected chi connectivity index (χ3v) is 1.98. The van der Waals surface area contributed by atoms with Crippen LogP contribution in [0.25, 0.3) is 5.69 Å². The van der Waals surface area contributed by atoms with Crippen molar-refractivity contribution >= 4 is 0 Å². The maximum absolute atomic E-state index is 4.29. The van der Waals surface area contributed by atoms with Crippen LogP contribution in [-0.4, -0.2) is 14.5 Å². The van der Waals surface area contributed by atoms with E-state index in [0.717, 1.165) is 16.9 Å². The first-order valence-electron chi connectivity index (χ1n) is 4.19. The van der Waals surface area contributed by atoms with Crippen molar-refractivity contribution in [1.82, 2.24) is 14.5 Å². The van der Waals surface area contributed by atoms with Gasteiger partial charge in [0.05, 0.1) is 17.7 Å². The van der Waals surface area contributed by atoms with Crippen LogP contribution < -0.4 is 0 Å². The average Bonchev–Trinajstić information content (AvgIpc) is 2.61. The van der Waals surface area contributed by atoms with Gasteiger partial charge in [0.1, 0.15) is 0 Å². The molecule has 2 heterocycles. The number of hydrogen-bond acceptors (Lipinski definition) is 2. The molecule has 3 nitrogen and oxygen atoms in total. The summed E-state index contributed by atoms with van der Waals surface area (Å²) in [6.07, 6.45) is 7.34. The first-order valence-corrected chi connectivity index (χ1v) is 4.19. The van der Waals surface area contributed by atoms with Crippen molar-refractivity contribution in [2.24, 2.45) is 0 Å². The van der Waals surface area contributed by atoms with E-state index in [9.17, 15) is 0 Å². The lowest BCUT2D eigenvalue weighted by Crippen LogP contribution is -1.96. The van der Waals surface area contributed by atoms with Crippen molar-refractivity contribution < 1.29 is 0 Å². The van der Waals surface area contributed by atoms with Crippen molar-refractivity contribution in [2.75, 3.05) is 0 Å². The summed E-state index contributed by atoms with van der Waals surface area (Å²) in [6, 6.07) is 2.10. The SMILES string of the molecule is Cc1cnc(C)c(-n2ccnc2)c1. The molecular weight excluding hydrogens is 162 g/mol. The van der Waals surface area contributed by atoms with Gasteiger partial charge in [-0.05, 0) is 25.5 Å². The second kappa shape index (κ2) is 3.01. The van der Waals surface area contributed by atoms with E-state index < -0.39 is 0 Å². The lowest BCUT2D eigenvalue weighted by molar-refractivity contribution is 0.999. The average molecular weight is 173 g/mol. The van der Waals surface area contributed by atoms with Crippen LogP contribution in [-0.2, 0) is 0 Å². The third kappa shape index (κ3) is 1.45. The molecule has 13 heavy (non-hydrogen) atoms. The van der Waals surface area contributed by atoms with E-state index in [1.54, 1.807) is 12.5 Å². The molecule has 0 unspecified atom stereocenters. The van der Waals surface area contributed by atoms with Gasteiger partial charge in [0, 0.05) is 18.6 Å². The molecule has 3 heteroatoms. The summed E-state index contributed by atoms with van der Waals surface area (Å²) in [5.74, 6) is 0. The molecule has 2 aromatic rings. The molecule has 0 fully saturated rings. The van der Waals surface area contributed by atoms with Crippen molar-refractivity contribution in [2.45, 2.75) is 13.8 Å². The fraction of sp³-hybridized carbons (Fsp3) is 0.200. The third-order valence-electron chi connectivity index (χ3n) is 1.98. The molecule has 0 aromatic carbocycles. The highest BCUT2D eigenvalue weighted by atomic mass is 15.0. The van der Waals surface area contributed by atoms with Crippen LogP contribution >= 0.6 is 0 Å². The maximum Gasteiger partial charge on any atom is 0.0992 e. The zero-order chi connectivity index (χ0) is 9.26. The molecule has 0 N–H and O–H groups in total. The predicted octanol–water partition coefficient (Wildman–Crippen LogP) is 1.88. The molecule has 0 aliphatic rings. The normalized spacial score (nSPS) is 10.3. The number of aromatic nitrogens is 3. The zero-order valence-corrected chi connectivity index (χ0v) is 7.73. The monoisotopic (exact) mass is 173 g/mol. The second-order valence-electron chi connectivity index (χ2n) is 3.09. The summed E-state index contributed by atoms with van der Waals surface area (Å²) < 4.78 is 1.97. The lowest BCUT2D eigenvalue weighted by Gasteiger charge is -2.05. The molecule has 2 rings (SSSR count). The lowest BCUT2D eigenvalue weighted by atomic mass is 10.2. The minimum atomic E-state index is 1.02. The minimum absolute atomic E-state index is 1.02. The van der Waals surface area contributed by atoms with Crippen LogP contribution in [0.4, 0.5) is 0 Å². The van der Waals surface area contributed by atoms with Gasteiger partial charge in [-0.15, -0.1) is 0 Å². The molecule has 0 saturated heterocycles. The van der Waals surface area contributed by atoms with Gasteiger partial charge in [-0.2, -0.15) is 0 Å². The van der Waals surface area contributed by atoms with Gasteiger partial charge in [-0.1, -0.05) is 0 Å². The smallest absolute Gasteiger partial charge is 0.0992 e. The molecule has 0 amide bonds. The van der Waals surface area contributed by atoms with Crippen molar-refractivity contribution in [1.29, 1.82) is 0 Å². The molecule has 0 spiro atoms. The van der Waals surface area contributed by atoms with Crippen molar-refractivity contribution in [3.05, 3.63) is 42.2 Å². The summed E-state index contributed by atoms with van der Waals surface area (Å²) >= 11 is 0. The number of nitrogens with zero attached hydrogens (tertiary/aromatic N) is 3. The van der Waals surface area contributed by atoms with E-state index >= 15 is 0 Å². The number of imidazole rings is 1. The topological polar surface area (TPSA) is 30.7 Å². The Hall–Kier alpha value is -1.64. The highest BCUT2D eigenvalue weighted by molar-refractivity contribution is 5.38. The van der Waals surface area contributed by atoms with Gasteiger partial charge in [0.15, 0.2) is 0 Å². The largest absolute Gasteiger partial charge is 0.304 e. The maximum atomic E-state index is 4.29. The minimum Gasteiger partial charge on any atom is -0.304 e. The predicted molar refractivity (Wildman–Crippen MR) is 50.8 cm³/mol. The fourth-order valence-corrected chi connectivity index (χ4v) is 1.29. The first kappa shape index (κ1) is 7.98. The van der Waals surface area contributed by atoms with Crippen LogP contribution in [0.15, 0.2) is 31.0 Å². The summed E-state index contributed by atoms with van der Waals surface area (Å²) in [5, 5.41) is 0. The molecule has 0 aliphatic carbocycles. The Labute approximate surface area is 77.1 Å². The molecule has 0 aliphatic heterocycles. The Bertz CT molecular complexity index is 404. The van der Waals surface area contributed by atoms with Crippen molar-refractivity contribution in [3.8, 4) is 5.69 Å². The Morgan fingerprint density at radius 2 is 2.15 bits per heavy atom. The van der Waals surface area contributed by atoms with Crippen LogP contribution in [0.1, 0.15) is 11.3 Å². The quantitative estimate of drug-likeness (QED) is 0.659. The van der Waals surface area contributed by atoms with Crippen LogP contribution in [0.2, 0.25) is 0 Å². The van der Waals surface area contributed by atoms with E-state index in [1.807, 2.05) is 30.8 Å². The second-order valence-corrected chi connectivity index (χ2v) is 3.09. The van der Waals surface area contributed by atoms with Crippen LogP contribution in [0, 0.1) is 13.8 Å². The van der Waals surface area contributed by atoms with E-state index in [4.69, 9.17) is 0 Å². The number of hydrogen-bond donors (Lipinski definition) is 0. The molecule has 2 aromatic heterocycles. The van der Waals surface area contributed by atoms with Crippen molar-refractivity contribution in [3.63, 3.8) is 0 Å². The summed E-state index contributed by atoms with van der Waals surface area (Å²) in [5.41, 5.74) is 3.27. The number of rotatable bonds is 1. The summed E-state index contributed by atoms with van der Waals surface area (Å²) in [7, 11) is 0. The van der Waals surface area contributed by atoms with Crippen LogP contribution in [0.3, 0.4) is 0 Å². The van der Waals surface area contributed by atoms with Gasteiger partial charge < -0.3 is 4.57 Å². The van der Waals surface area contributed by atoms with E-state index in [1.165, 1.54) is 0 Å². The molecular formula is C10H11N3. The number of aryl methyl sites for hydroxylation is 2. The Balaban J connectivity index is 2.57. The molecule has 66 valence electrons. The highest BCUT2D eigenvalue weighted by Crippen LogP contribution is 2.12. The summed E-state index contributed by atoms with van der Waals surface area (Å²) in [4.78, 5) is 8.29. The highest BCUT2D eigenvalue weighted by Gasteiger charge is 2.00. The fourth-order valence-electron chi connectivity index (χ4n) is 1.29. The number of pyridine rings is 1. The van der Waals surface area contributed by atoms with Gasteiger partial charge in [-0.3, -0.25) is 4.98 Å². The first-order chi connectivity index (χ1) is 6.27. The zero-order valence-electron chi connectivity index (χ0n) is 7.73. The Kier molecular flexibility index (Phi) is 1.85. The van der Waals surface area contributed by atoms with Gasteiger partial charge >= 0.3 is 0 Å². The van der Waals surface area contributed by atoms with Crippen LogP contribution in [0.5, 0.6) is 0 Å². The molecule has 0 saturated carbocycles. The van der Waals surface area contributed by atoms with E-state index in [2.05, 4.69) is 16.0 Å². The van der Waals surface area contributed by atoms with Gasteiger partial charge in [0.2, 0.25) is 0 Å². The van der Waals surface area contributed by atoms with E-state index in [-0.39, 0.29) is 0 Å². The standard InChI is InChI=1S/C10H11N3/c1-8-5-10(9(2)12-6-8)13-4-3-11-7-13/h3-7H,1-2H3. The van der Waals surface area contributed by atoms with Gasteiger partial charge in [-0.25, -0.2) is 4.98 Å². The summed E-state index contributed by atoms with van der Waals surface area (Å²) in [6.45, 7) is 4.03. The molecule has 0 bridgehead atoms. The Morgan fingerprint density at radius 1 is 1.31 bits per heavy atom. The molecule has 0 radical (unpaired) electrons. The molecule has 0 atom stereocenters. The van der Waals surface area contributed by atoms with Gasteiger partial charge in [0.25, 0.3) is 0 Å². The van der Waals surface area contributed by atoms with E-state index in [0.29, 0.717) is 0 Å².